The van der Waals surface area contributed by atoms with Crippen LogP contribution < -0.4 is 10.6 Å². The van der Waals surface area contributed by atoms with Crippen molar-refractivity contribution in [3.05, 3.63) is 66.1 Å². The van der Waals surface area contributed by atoms with Crippen molar-refractivity contribution in [3.63, 3.8) is 0 Å². The molecule has 0 aliphatic heterocycles. The SMILES string of the molecule is CCOC(=O)c1ccccc1Nc1nncc(Nc2ccccc2F)n1. The van der Waals surface area contributed by atoms with E-state index >= 15 is 0 Å². The maximum Gasteiger partial charge on any atom is 0.340 e. The molecule has 0 fully saturated rings. The molecule has 26 heavy (non-hydrogen) atoms. The Hall–Kier alpha value is -3.55. The van der Waals surface area contributed by atoms with Crippen LogP contribution in [-0.4, -0.2) is 27.8 Å². The van der Waals surface area contributed by atoms with Gasteiger partial charge in [0, 0.05) is 0 Å². The summed E-state index contributed by atoms with van der Waals surface area (Å²) < 4.78 is 18.8. The average Bonchev–Trinajstić information content (AvgIpc) is 2.65. The van der Waals surface area contributed by atoms with Gasteiger partial charge >= 0.3 is 5.97 Å². The maximum absolute atomic E-state index is 13.7. The van der Waals surface area contributed by atoms with Crippen LogP contribution in [0.3, 0.4) is 0 Å². The fraction of sp³-hybridized carbons (Fsp3) is 0.111. The van der Waals surface area contributed by atoms with Crippen LogP contribution in [0.25, 0.3) is 0 Å². The van der Waals surface area contributed by atoms with Crippen LogP contribution in [0.5, 0.6) is 0 Å². The first kappa shape index (κ1) is 17.3. The number of benzene rings is 2. The number of hydrogen-bond donors (Lipinski definition) is 2. The third-order valence-corrected chi connectivity index (χ3v) is 3.36. The zero-order valence-corrected chi connectivity index (χ0v) is 13.9. The van der Waals surface area contributed by atoms with E-state index in [1.165, 1.54) is 12.3 Å². The van der Waals surface area contributed by atoms with Gasteiger partial charge in [0.25, 0.3) is 0 Å². The molecule has 0 spiro atoms. The number of nitrogens with one attached hydrogen (secondary N) is 2. The summed E-state index contributed by atoms with van der Waals surface area (Å²) in [7, 11) is 0. The summed E-state index contributed by atoms with van der Waals surface area (Å²) in [6, 6.07) is 13.0. The number of halogens is 1. The Morgan fingerprint density at radius 2 is 1.81 bits per heavy atom. The maximum atomic E-state index is 13.7. The van der Waals surface area contributed by atoms with Gasteiger partial charge in [-0.25, -0.2) is 9.18 Å². The minimum atomic E-state index is -0.454. The number of aromatic nitrogens is 3. The van der Waals surface area contributed by atoms with Gasteiger partial charge in [-0.15, -0.1) is 5.10 Å². The van der Waals surface area contributed by atoms with Gasteiger partial charge in [0.2, 0.25) is 5.95 Å². The lowest BCUT2D eigenvalue weighted by molar-refractivity contribution is 0.0527. The molecule has 7 nitrogen and oxygen atoms in total. The van der Waals surface area contributed by atoms with Crippen LogP contribution in [-0.2, 0) is 4.74 Å². The zero-order chi connectivity index (χ0) is 18.4. The zero-order valence-electron chi connectivity index (χ0n) is 13.9. The number of nitrogens with zero attached hydrogens (tertiary/aromatic N) is 3. The fourth-order valence-electron chi connectivity index (χ4n) is 2.22. The van der Waals surface area contributed by atoms with Gasteiger partial charge in [-0.2, -0.15) is 10.1 Å². The monoisotopic (exact) mass is 353 g/mol. The Bertz CT molecular complexity index is 919. The van der Waals surface area contributed by atoms with Crippen molar-refractivity contribution in [1.82, 2.24) is 15.2 Å². The van der Waals surface area contributed by atoms with E-state index in [2.05, 4.69) is 25.8 Å². The van der Waals surface area contributed by atoms with Crippen molar-refractivity contribution in [2.75, 3.05) is 17.2 Å². The van der Waals surface area contributed by atoms with Gasteiger partial charge in [-0.05, 0) is 31.2 Å². The molecule has 8 heteroatoms. The number of para-hydroxylation sites is 2. The Morgan fingerprint density at radius 1 is 1.08 bits per heavy atom. The smallest absolute Gasteiger partial charge is 0.340 e. The molecule has 0 saturated heterocycles. The first-order valence-electron chi connectivity index (χ1n) is 7.92. The minimum absolute atomic E-state index is 0.156. The first-order chi connectivity index (χ1) is 12.7. The number of carbonyl (C=O) groups is 1. The molecular weight excluding hydrogens is 337 g/mol. The molecule has 3 rings (SSSR count). The molecule has 0 saturated carbocycles. The number of esters is 1. The molecule has 3 aromatic rings. The van der Waals surface area contributed by atoms with Crippen molar-refractivity contribution >= 4 is 29.1 Å². The van der Waals surface area contributed by atoms with Crippen molar-refractivity contribution in [1.29, 1.82) is 0 Å². The van der Waals surface area contributed by atoms with E-state index < -0.39 is 11.8 Å². The van der Waals surface area contributed by atoms with E-state index in [-0.39, 0.29) is 18.2 Å². The molecule has 0 radical (unpaired) electrons. The molecule has 0 atom stereocenters. The summed E-state index contributed by atoms with van der Waals surface area (Å²) in [4.78, 5) is 16.3. The molecule has 2 aromatic carbocycles. The lowest BCUT2D eigenvalue weighted by atomic mass is 10.2. The van der Waals surface area contributed by atoms with Crippen molar-refractivity contribution in [2.45, 2.75) is 6.92 Å². The summed E-state index contributed by atoms with van der Waals surface area (Å²) in [6.45, 7) is 2.01. The van der Waals surface area contributed by atoms with Crippen LogP contribution in [0, 0.1) is 5.82 Å². The van der Waals surface area contributed by atoms with Crippen LogP contribution in [0.15, 0.2) is 54.7 Å². The van der Waals surface area contributed by atoms with E-state index in [9.17, 15) is 9.18 Å². The van der Waals surface area contributed by atoms with Gasteiger partial charge in [0.15, 0.2) is 5.82 Å². The third-order valence-electron chi connectivity index (χ3n) is 3.36. The summed E-state index contributed by atoms with van der Waals surface area (Å²) in [6.07, 6.45) is 1.37. The lowest BCUT2D eigenvalue weighted by Gasteiger charge is -2.11. The predicted octanol–water partition coefficient (Wildman–Crippen LogP) is 3.67. The van der Waals surface area contributed by atoms with Gasteiger partial charge in [-0.3, -0.25) is 0 Å². The standard InChI is InChI=1S/C18H16FN5O2/c1-2-26-17(25)12-7-3-5-9-14(12)22-18-23-16(11-20-24-18)21-15-10-6-4-8-13(15)19/h3-11H,2H2,1H3,(H2,21,22,23,24). The fourth-order valence-corrected chi connectivity index (χ4v) is 2.22. The second kappa shape index (κ2) is 8.02. The van der Waals surface area contributed by atoms with E-state index in [0.717, 1.165) is 0 Å². The van der Waals surface area contributed by atoms with Gasteiger partial charge < -0.3 is 15.4 Å². The first-order valence-corrected chi connectivity index (χ1v) is 7.92. The van der Waals surface area contributed by atoms with Gasteiger partial charge in [0.05, 0.1) is 29.7 Å². The summed E-state index contributed by atoms with van der Waals surface area (Å²) in [5, 5.41) is 13.5. The highest BCUT2D eigenvalue weighted by molar-refractivity contribution is 5.96. The topological polar surface area (TPSA) is 89.0 Å². The molecule has 0 aliphatic carbocycles. The Kier molecular flexibility index (Phi) is 5.33. The highest BCUT2D eigenvalue weighted by atomic mass is 19.1. The molecule has 0 amide bonds. The molecule has 1 heterocycles. The molecular formula is C18H16FN5O2. The van der Waals surface area contributed by atoms with Crippen LogP contribution >= 0.6 is 0 Å². The molecule has 1 aromatic heterocycles. The number of hydrogen-bond acceptors (Lipinski definition) is 7. The normalized spacial score (nSPS) is 10.2. The van der Waals surface area contributed by atoms with Crippen LogP contribution in [0.1, 0.15) is 17.3 Å². The number of carbonyl (C=O) groups excluding carboxylic acids is 1. The van der Waals surface area contributed by atoms with E-state index in [1.807, 2.05) is 0 Å². The van der Waals surface area contributed by atoms with Crippen molar-refractivity contribution in [3.8, 4) is 0 Å². The Morgan fingerprint density at radius 3 is 2.58 bits per heavy atom. The molecule has 132 valence electrons. The van der Waals surface area contributed by atoms with E-state index in [4.69, 9.17) is 4.74 Å². The quantitative estimate of drug-likeness (QED) is 0.654. The minimum Gasteiger partial charge on any atom is -0.462 e. The van der Waals surface area contributed by atoms with E-state index in [1.54, 1.807) is 49.4 Å². The largest absolute Gasteiger partial charge is 0.462 e. The number of ether oxygens (including phenoxy) is 1. The van der Waals surface area contributed by atoms with Crippen LogP contribution in [0.2, 0.25) is 0 Å². The Labute approximate surface area is 149 Å². The van der Waals surface area contributed by atoms with Gasteiger partial charge in [-0.1, -0.05) is 24.3 Å². The number of anilines is 4. The Balaban J connectivity index is 1.82. The third kappa shape index (κ3) is 4.10. The second-order valence-electron chi connectivity index (χ2n) is 5.16. The lowest BCUT2D eigenvalue weighted by Crippen LogP contribution is -2.09. The summed E-state index contributed by atoms with van der Waals surface area (Å²) in [5.74, 6) is -0.401. The summed E-state index contributed by atoms with van der Waals surface area (Å²) >= 11 is 0. The van der Waals surface area contributed by atoms with Crippen LogP contribution in [0.4, 0.5) is 27.5 Å². The molecule has 2 N–H and O–H groups in total. The molecule has 0 aliphatic rings. The van der Waals surface area contributed by atoms with Gasteiger partial charge in [0.1, 0.15) is 5.82 Å². The van der Waals surface area contributed by atoms with E-state index in [0.29, 0.717) is 17.1 Å². The summed E-state index contributed by atoms with van der Waals surface area (Å²) in [5.41, 5.74) is 1.10. The second-order valence-corrected chi connectivity index (χ2v) is 5.16. The highest BCUT2D eigenvalue weighted by Crippen LogP contribution is 2.21. The highest BCUT2D eigenvalue weighted by Gasteiger charge is 2.13. The van der Waals surface area contributed by atoms with Crippen molar-refractivity contribution in [2.24, 2.45) is 0 Å². The molecule has 0 bridgehead atoms. The van der Waals surface area contributed by atoms with Crippen molar-refractivity contribution < 1.29 is 13.9 Å². The average molecular weight is 353 g/mol. The number of rotatable bonds is 6. The molecule has 0 unspecified atom stereocenters. The predicted molar refractivity (Wildman–Crippen MR) is 95.2 cm³/mol.